The van der Waals surface area contributed by atoms with Gasteiger partial charge in [0.1, 0.15) is 18.3 Å². The van der Waals surface area contributed by atoms with Crippen LogP contribution in [0.2, 0.25) is 0 Å². The lowest BCUT2D eigenvalue weighted by molar-refractivity contribution is -0.232. The van der Waals surface area contributed by atoms with E-state index in [4.69, 9.17) is 28.4 Å². The van der Waals surface area contributed by atoms with Gasteiger partial charge in [-0.1, -0.05) is 30.7 Å². The number of ether oxygens (including phenoxy) is 6. The molecular weight excluding hydrogens is 508 g/mol. The molecule has 2 spiro atoms. The van der Waals surface area contributed by atoms with Crippen LogP contribution in [-0.2, 0) is 42.8 Å². The van der Waals surface area contributed by atoms with E-state index in [0.717, 1.165) is 6.42 Å². The van der Waals surface area contributed by atoms with Crippen LogP contribution in [0.15, 0.2) is 47.6 Å². The molecule has 0 aromatic heterocycles. The molecule has 0 aromatic carbocycles. The van der Waals surface area contributed by atoms with Gasteiger partial charge in [-0.3, -0.25) is 0 Å². The second kappa shape index (κ2) is 8.36. The minimum Gasteiger partial charge on any atom is -0.462 e. The van der Waals surface area contributed by atoms with Crippen molar-refractivity contribution < 1.29 is 47.9 Å². The van der Waals surface area contributed by atoms with Crippen molar-refractivity contribution >= 4 is 17.9 Å². The normalized spacial score (nSPS) is 51.4. The minimum atomic E-state index is -1.59. The highest BCUT2D eigenvalue weighted by Gasteiger charge is 2.83. The Morgan fingerprint density at radius 2 is 1.82 bits per heavy atom. The van der Waals surface area contributed by atoms with Gasteiger partial charge in [-0.05, 0) is 37.8 Å². The van der Waals surface area contributed by atoms with Gasteiger partial charge >= 0.3 is 17.9 Å². The van der Waals surface area contributed by atoms with Gasteiger partial charge < -0.3 is 33.5 Å². The van der Waals surface area contributed by atoms with E-state index in [1.54, 1.807) is 0 Å². The zero-order chi connectivity index (χ0) is 27.2. The molecule has 4 bridgehead atoms. The summed E-state index contributed by atoms with van der Waals surface area (Å²) in [5, 5.41) is 10.7. The molecule has 10 nitrogen and oxygen atoms in total. The Balaban J connectivity index is 1.32. The summed E-state index contributed by atoms with van der Waals surface area (Å²) in [5.41, 5.74) is -1.78. The third kappa shape index (κ3) is 3.26. The average molecular weight is 541 g/mol. The first-order valence-corrected chi connectivity index (χ1v) is 13.6. The van der Waals surface area contributed by atoms with Gasteiger partial charge in [0.2, 0.25) is 0 Å². The Hall–Kier alpha value is -2.79. The summed E-state index contributed by atoms with van der Waals surface area (Å²) in [7, 11) is 0. The van der Waals surface area contributed by atoms with Crippen LogP contribution in [0.1, 0.15) is 39.5 Å². The Morgan fingerprint density at radius 1 is 1.00 bits per heavy atom. The molecule has 1 N–H and O–H groups in total. The molecule has 7 aliphatic rings. The van der Waals surface area contributed by atoms with Crippen LogP contribution in [0, 0.1) is 10.8 Å². The van der Waals surface area contributed by atoms with Crippen LogP contribution in [-0.4, -0.2) is 84.6 Å². The topological polar surface area (TPSA) is 130 Å². The molecule has 5 heterocycles. The molecule has 5 aliphatic heterocycles. The van der Waals surface area contributed by atoms with E-state index in [9.17, 15) is 19.5 Å². The van der Waals surface area contributed by atoms with Crippen molar-refractivity contribution in [2.75, 3.05) is 19.8 Å². The number of epoxide rings is 1. The van der Waals surface area contributed by atoms with Crippen LogP contribution >= 0.6 is 0 Å². The van der Waals surface area contributed by atoms with Gasteiger partial charge in [0.05, 0.1) is 30.8 Å². The molecule has 208 valence electrons. The first kappa shape index (κ1) is 25.2. The van der Waals surface area contributed by atoms with Crippen molar-refractivity contribution in [3.8, 4) is 0 Å². The molecule has 0 aromatic rings. The molecule has 9 atom stereocenters. The van der Waals surface area contributed by atoms with Gasteiger partial charge in [-0.15, -0.1) is 0 Å². The summed E-state index contributed by atoms with van der Waals surface area (Å²) < 4.78 is 36.1. The summed E-state index contributed by atoms with van der Waals surface area (Å²) >= 11 is 0. The van der Waals surface area contributed by atoms with E-state index in [1.165, 1.54) is 36.0 Å². The van der Waals surface area contributed by atoms with E-state index in [1.807, 2.05) is 0 Å². The smallest absolute Gasteiger partial charge is 0.339 e. The van der Waals surface area contributed by atoms with Crippen LogP contribution in [0.3, 0.4) is 0 Å². The number of hydrogen-bond acceptors (Lipinski definition) is 10. The van der Waals surface area contributed by atoms with Gasteiger partial charge in [0, 0.05) is 24.0 Å². The van der Waals surface area contributed by atoms with Crippen molar-refractivity contribution in [3.63, 3.8) is 0 Å². The first-order chi connectivity index (χ1) is 18.7. The van der Waals surface area contributed by atoms with Crippen molar-refractivity contribution in [1.82, 2.24) is 0 Å². The standard InChI is InChI=1S/C29H32O10/c1-16-6-9-27-14-34-22(31)12-17-7-10-35-28(23(32)25(33)39-24(17)28)8-4-3-5-21(30)38-18-13-20(37-19(27)11-16)29(15-36-29)26(18,27)2/h3-5,8,11-12,18-20,23-24,32H,6-7,9-10,13-15H2,1-2H3/b5-3-,8-4-,17-12-/t18-,19-,20-,23?,24?,26-,27-,28?,29+/m1/s1. The fourth-order valence-corrected chi connectivity index (χ4v) is 8.02. The largest absolute Gasteiger partial charge is 0.462 e. The Labute approximate surface area is 225 Å². The molecule has 1 saturated carbocycles. The maximum atomic E-state index is 13.3. The predicted octanol–water partition coefficient (Wildman–Crippen LogP) is 1.61. The Bertz CT molecular complexity index is 1260. The zero-order valence-corrected chi connectivity index (χ0v) is 21.9. The average Bonchev–Trinajstić information content (AvgIpc) is 3.64. The number of rotatable bonds is 0. The molecule has 2 aliphatic carbocycles. The second-order valence-corrected chi connectivity index (χ2v) is 12.0. The molecule has 0 amide bonds. The SMILES string of the molecule is CC1=C[C@H]2O[C@@H]3C[C@H]4OC(=O)/C=C\C=C/C56OCC/C(=C/C(=O)OC[C@@]2(CC1)[C@]4(C)[C@]31CO1)C5OC(=O)C6O. The summed E-state index contributed by atoms with van der Waals surface area (Å²) in [5.74, 6) is -1.97. The molecule has 5 fully saturated rings. The minimum absolute atomic E-state index is 0.0386. The molecule has 7 rings (SSSR count). The van der Waals surface area contributed by atoms with E-state index in [0.29, 0.717) is 31.4 Å². The zero-order valence-electron chi connectivity index (χ0n) is 21.9. The quantitative estimate of drug-likeness (QED) is 0.209. The maximum Gasteiger partial charge on any atom is 0.339 e. The third-order valence-corrected chi connectivity index (χ3v) is 10.3. The van der Waals surface area contributed by atoms with Gasteiger partial charge in [-0.25, -0.2) is 14.4 Å². The van der Waals surface area contributed by atoms with Gasteiger partial charge in [0.15, 0.2) is 17.8 Å². The first-order valence-electron chi connectivity index (χ1n) is 13.6. The number of aliphatic hydroxyl groups is 1. The van der Waals surface area contributed by atoms with Gasteiger partial charge in [0.25, 0.3) is 0 Å². The number of hydrogen-bond donors (Lipinski definition) is 1. The number of carbonyl (C=O) groups is 3. The van der Waals surface area contributed by atoms with E-state index >= 15 is 0 Å². The predicted molar refractivity (Wildman–Crippen MR) is 132 cm³/mol. The number of cyclic esters (lactones) is 1. The lowest BCUT2D eigenvalue weighted by Gasteiger charge is -2.58. The number of carbonyl (C=O) groups excluding carboxylic acids is 3. The summed E-state index contributed by atoms with van der Waals surface area (Å²) in [6.45, 7) is 4.84. The monoisotopic (exact) mass is 540 g/mol. The Kier molecular flexibility index (Phi) is 5.40. The summed E-state index contributed by atoms with van der Waals surface area (Å²) in [6, 6.07) is 0. The van der Waals surface area contributed by atoms with Crippen LogP contribution in [0.5, 0.6) is 0 Å². The third-order valence-electron chi connectivity index (χ3n) is 10.3. The van der Waals surface area contributed by atoms with Crippen molar-refractivity contribution in [2.24, 2.45) is 10.8 Å². The second-order valence-electron chi connectivity index (χ2n) is 12.0. The molecular formula is C29H32O10. The molecule has 39 heavy (non-hydrogen) atoms. The van der Waals surface area contributed by atoms with E-state index in [-0.39, 0.29) is 25.4 Å². The van der Waals surface area contributed by atoms with Crippen LogP contribution in [0.4, 0.5) is 0 Å². The molecule has 4 saturated heterocycles. The molecule has 10 heteroatoms. The fraction of sp³-hybridized carbons (Fsp3) is 0.621. The lowest BCUT2D eigenvalue weighted by Crippen LogP contribution is -2.66. The summed E-state index contributed by atoms with van der Waals surface area (Å²) in [6.07, 6.45) is 7.85. The maximum absolute atomic E-state index is 13.3. The highest BCUT2D eigenvalue weighted by atomic mass is 16.6. The van der Waals surface area contributed by atoms with Crippen LogP contribution in [0.25, 0.3) is 0 Å². The highest BCUT2D eigenvalue weighted by molar-refractivity contribution is 5.85. The lowest BCUT2D eigenvalue weighted by atomic mass is 9.51. The molecule has 0 radical (unpaired) electrons. The van der Waals surface area contributed by atoms with Crippen LogP contribution < -0.4 is 0 Å². The van der Waals surface area contributed by atoms with E-state index < -0.39 is 58.3 Å². The summed E-state index contributed by atoms with van der Waals surface area (Å²) in [4.78, 5) is 38.7. The highest BCUT2D eigenvalue weighted by Crippen LogP contribution is 2.72. The number of aliphatic hydroxyl groups excluding tert-OH is 1. The fourth-order valence-electron chi connectivity index (χ4n) is 8.02. The Morgan fingerprint density at radius 3 is 2.62 bits per heavy atom. The molecule has 3 unspecified atom stereocenters. The van der Waals surface area contributed by atoms with Gasteiger partial charge in [-0.2, -0.15) is 0 Å². The number of allylic oxidation sites excluding steroid dienone is 3. The van der Waals surface area contributed by atoms with Crippen molar-refractivity contribution in [2.45, 2.75) is 81.3 Å². The van der Waals surface area contributed by atoms with Crippen molar-refractivity contribution in [1.29, 1.82) is 0 Å². The van der Waals surface area contributed by atoms with E-state index in [2.05, 4.69) is 19.9 Å². The number of esters is 3. The van der Waals surface area contributed by atoms with Crippen molar-refractivity contribution in [3.05, 3.63) is 47.6 Å².